The van der Waals surface area contributed by atoms with Gasteiger partial charge in [-0.1, -0.05) is 34.8 Å². The van der Waals surface area contributed by atoms with Crippen molar-refractivity contribution in [1.29, 1.82) is 0 Å². The fourth-order valence-corrected chi connectivity index (χ4v) is 1.93. The molecule has 1 atom stereocenters. The number of rotatable bonds is 7. The molecule has 0 aromatic heterocycles. The zero-order valence-corrected chi connectivity index (χ0v) is 12.6. The van der Waals surface area contributed by atoms with Crippen molar-refractivity contribution in [3.05, 3.63) is 0 Å². The fourth-order valence-electron chi connectivity index (χ4n) is 1.37. The first-order chi connectivity index (χ1) is 8.30. The lowest BCUT2D eigenvalue weighted by Crippen LogP contribution is -2.24. The molecule has 0 saturated heterocycles. The summed E-state index contributed by atoms with van der Waals surface area (Å²) < 4.78 is 8.10. The van der Waals surface area contributed by atoms with Crippen LogP contribution in [-0.2, 0) is 19.1 Å². The number of halogens is 3. The molecule has 0 aromatic carbocycles. The molecule has 0 amide bonds. The molecule has 0 aliphatic rings. The van der Waals surface area contributed by atoms with Gasteiger partial charge in [0.1, 0.15) is 0 Å². The lowest BCUT2D eigenvalue weighted by Gasteiger charge is -2.19. The Balaban J connectivity index is 4.38. The first-order valence-corrected chi connectivity index (χ1v) is 6.82. The van der Waals surface area contributed by atoms with Crippen molar-refractivity contribution in [1.82, 2.24) is 0 Å². The maximum absolute atomic E-state index is 11.6. The van der Waals surface area contributed by atoms with Crippen LogP contribution in [0.15, 0.2) is 0 Å². The molecule has 0 rings (SSSR count). The van der Waals surface area contributed by atoms with Crippen molar-refractivity contribution in [2.45, 2.75) is 36.9 Å². The highest BCUT2D eigenvalue weighted by Crippen LogP contribution is 2.35. The average Bonchev–Trinajstić information content (AvgIpc) is 2.23. The molecule has 1 unspecified atom stereocenters. The molecule has 0 aromatic rings. The molecule has 0 heterocycles. The van der Waals surface area contributed by atoms with Crippen LogP contribution in [0.3, 0.4) is 0 Å². The minimum atomic E-state index is -1.55. The van der Waals surface area contributed by atoms with Gasteiger partial charge < -0.3 is 9.47 Å². The first-order valence-electron chi connectivity index (χ1n) is 5.69. The van der Waals surface area contributed by atoms with Crippen LogP contribution in [0.5, 0.6) is 0 Å². The topological polar surface area (TPSA) is 52.6 Å². The molecule has 18 heavy (non-hydrogen) atoms. The molecule has 0 aliphatic heterocycles. The van der Waals surface area contributed by atoms with Crippen LogP contribution in [0, 0.1) is 5.92 Å². The van der Waals surface area contributed by atoms with Crippen LogP contribution in [0.25, 0.3) is 0 Å². The van der Waals surface area contributed by atoms with Gasteiger partial charge in [0.15, 0.2) is 3.79 Å². The molecular weight excluding hydrogens is 302 g/mol. The predicted octanol–water partition coefficient (Wildman–Crippen LogP) is 3.27. The summed E-state index contributed by atoms with van der Waals surface area (Å²) in [5.41, 5.74) is 0. The zero-order chi connectivity index (χ0) is 14.2. The largest absolute Gasteiger partial charge is 0.466 e. The quantitative estimate of drug-likeness (QED) is 0.534. The van der Waals surface area contributed by atoms with Crippen molar-refractivity contribution in [2.75, 3.05) is 13.2 Å². The van der Waals surface area contributed by atoms with Gasteiger partial charge in [0.05, 0.1) is 19.1 Å². The predicted molar refractivity (Wildman–Crippen MR) is 70.9 cm³/mol. The van der Waals surface area contributed by atoms with E-state index in [4.69, 9.17) is 44.3 Å². The number of ether oxygens (including phenoxy) is 2. The van der Waals surface area contributed by atoms with Gasteiger partial charge in [-0.25, -0.2) is 0 Å². The van der Waals surface area contributed by atoms with E-state index in [1.807, 2.05) is 0 Å². The summed E-state index contributed by atoms with van der Waals surface area (Å²) in [4.78, 5) is 22.9. The van der Waals surface area contributed by atoms with Gasteiger partial charge in [0.2, 0.25) is 0 Å². The Morgan fingerprint density at radius 1 is 1.11 bits per heavy atom. The van der Waals surface area contributed by atoms with Crippen molar-refractivity contribution in [3.8, 4) is 0 Å². The highest BCUT2D eigenvalue weighted by atomic mass is 35.6. The Labute approximate surface area is 122 Å². The van der Waals surface area contributed by atoms with E-state index >= 15 is 0 Å². The number of esters is 2. The van der Waals surface area contributed by atoms with Crippen molar-refractivity contribution in [2.24, 2.45) is 5.92 Å². The number of carbonyl (C=O) groups is 2. The van der Waals surface area contributed by atoms with Gasteiger partial charge >= 0.3 is 11.9 Å². The standard InChI is InChI=1S/C11H17Cl3O4/c1-3-17-9(15)6-5-8(7-11(12,13)14)10(16)18-4-2/h8H,3-7H2,1-2H3. The highest BCUT2D eigenvalue weighted by molar-refractivity contribution is 6.67. The Hall–Kier alpha value is -0.190. The van der Waals surface area contributed by atoms with Crippen LogP contribution < -0.4 is 0 Å². The van der Waals surface area contributed by atoms with E-state index in [9.17, 15) is 9.59 Å². The molecule has 106 valence electrons. The minimum Gasteiger partial charge on any atom is -0.466 e. The van der Waals surface area contributed by atoms with Crippen LogP contribution in [0.2, 0.25) is 0 Å². The van der Waals surface area contributed by atoms with Gasteiger partial charge in [0.25, 0.3) is 0 Å². The molecule has 0 fully saturated rings. The molecule has 0 aliphatic carbocycles. The lowest BCUT2D eigenvalue weighted by atomic mass is 10.0. The van der Waals surface area contributed by atoms with Crippen LogP contribution in [0.4, 0.5) is 0 Å². The third-order valence-electron chi connectivity index (χ3n) is 2.10. The normalized spacial score (nSPS) is 12.9. The molecule has 0 radical (unpaired) electrons. The van der Waals surface area contributed by atoms with Crippen LogP contribution in [0.1, 0.15) is 33.1 Å². The zero-order valence-electron chi connectivity index (χ0n) is 10.4. The first kappa shape index (κ1) is 17.8. The molecule has 4 nitrogen and oxygen atoms in total. The second-order valence-electron chi connectivity index (χ2n) is 3.61. The fraction of sp³-hybridized carbons (Fsp3) is 0.818. The van der Waals surface area contributed by atoms with Gasteiger partial charge in [-0.2, -0.15) is 0 Å². The Kier molecular flexibility index (Phi) is 8.74. The third-order valence-corrected chi connectivity index (χ3v) is 2.56. The average molecular weight is 320 g/mol. The summed E-state index contributed by atoms with van der Waals surface area (Å²) in [7, 11) is 0. The van der Waals surface area contributed by atoms with Gasteiger partial charge in [-0.15, -0.1) is 0 Å². The molecule has 0 saturated carbocycles. The summed E-state index contributed by atoms with van der Waals surface area (Å²) in [5, 5.41) is 0. The summed E-state index contributed by atoms with van der Waals surface area (Å²) >= 11 is 17.0. The Bertz CT molecular complexity index is 276. The van der Waals surface area contributed by atoms with E-state index in [0.29, 0.717) is 6.61 Å². The molecule has 7 heteroatoms. The number of alkyl halides is 3. The Morgan fingerprint density at radius 2 is 1.67 bits per heavy atom. The second kappa shape index (κ2) is 8.83. The van der Waals surface area contributed by atoms with Gasteiger partial charge in [-0.05, 0) is 20.3 Å². The monoisotopic (exact) mass is 318 g/mol. The molecule has 0 bridgehead atoms. The molecule has 0 N–H and O–H groups in total. The van der Waals surface area contributed by atoms with E-state index in [-0.39, 0.29) is 31.8 Å². The number of hydrogen-bond donors (Lipinski definition) is 0. The summed E-state index contributed by atoms with van der Waals surface area (Å²) in [6.07, 6.45) is 0.347. The van der Waals surface area contributed by atoms with E-state index < -0.39 is 15.7 Å². The summed E-state index contributed by atoms with van der Waals surface area (Å²) in [5.74, 6) is -1.47. The number of hydrogen-bond acceptors (Lipinski definition) is 4. The number of carbonyl (C=O) groups excluding carboxylic acids is 2. The van der Waals surface area contributed by atoms with Crippen molar-refractivity contribution < 1.29 is 19.1 Å². The SMILES string of the molecule is CCOC(=O)CCC(CC(Cl)(Cl)Cl)C(=O)OCC. The summed E-state index contributed by atoms with van der Waals surface area (Å²) in [6.45, 7) is 3.94. The van der Waals surface area contributed by atoms with Crippen molar-refractivity contribution >= 4 is 46.7 Å². The smallest absolute Gasteiger partial charge is 0.309 e. The Morgan fingerprint density at radius 3 is 2.11 bits per heavy atom. The third kappa shape index (κ3) is 8.84. The maximum atomic E-state index is 11.6. The second-order valence-corrected chi connectivity index (χ2v) is 6.13. The van der Waals surface area contributed by atoms with Crippen LogP contribution >= 0.6 is 34.8 Å². The highest BCUT2D eigenvalue weighted by Gasteiger charge is 2.31. The van der Waals surface area contributed by atoms with Gasteiger partial charge in [0, 0.05) is 12.8 Å². The maximum Gasteiger partial charge on any atom is 0.309 e. The molecular formula is C11H17Cl3O4. The van der Waals surface area contributed by atoms with E-state index in [1.165, 1.54) is 0 Å². The van der Waals surface area contributed by atoms with E-state index in [2.05, 4.69) is 0 Å². The molecule has 0 spiro atoms. The van der Waals surface area contributed by atoms with E-state index in [1.54, 1.807) is 13.8 Å². The minimum absolute atomic E-state index is 0.00983. The van der Waals surface area contributed by atoms with Crippen LogP contribution in [-0.4, -0.2) is 28.9 Å². The van der Waals surface area contributed by atoms with E-state index in [0.717, 1.165) is 0 Å². The van der Waals surface area contributed by atoms with Gasteiger partial charge in [-0.3, -0.25) is 9.59 Å². The van der Waals surface area contributed by atoms with Crippen molar-refractivity contribution in [3.63, 3.8) is 0 Å². The lowest BCUT2D eigenvalue weighted by molar-refractivity contribution is -0.149. The summed E-state index contributed by atoms with van der Waals surface area (Å²) in [6, 6.07) is 0.